The Morgan fingerprint density at radius 1 is 1.32 bits per heavy atom. The van der Waals surface area contributed by atoms with E-state index in [1.54, 1.807) is 11.1 Å². The van der Waals surface area contributed by atoms with Crippen LogP contribution in [0.25, 0.3) is 0 Å². The zero-order valence-corrected chi connectivity index (χ0v) is 16.6. The summed E-state index contributed by atoms with van der Waals surface area (Å²) in [6.07, 6.45) is 10.3. The summed E-state index contributed by atoms with van der Waals surface area (Å²) in [5.41, 5.74) is 1.23. The quantitative estimate of drug-likeness (QED) is 0.860. The molecule has 6 nitrogen and oxygen atoms in total. The van der Waals surface area contributed by atoms with E-state index in [-0.39, 0.29) is 17.7 Å². The minimum Gasteiger partial charge on any atom is -0.375 e. The van der Waals surface area contributed by atoms with Crippen LogP contribution in [0, 0.1) is 0 Å². The number of amides is 2. The molecule has 1 atom stereocenters. The molecule has 28 heavy (non-hydrogen) atoms. The Labute approximate surface area is 166 Å². The first kappa shape index (κ1) is 19.0. The first-order valence-electron chi connectivity index (χ1n) is 10.3. The fraction of sp³-hybridized carbons (Fsp3) is 0.545. The van der Waals surface area contributed by atoms with Crippen LogP contribution in [0.1, 0.15) is 49.9 Å². The number of ether oxygens (including phenoxy) is 1. The normalized spacial score (nSPS) is 21.0. The molecule has 1 aromatic heterocycles. The van der Waals surface area contributed by atoms with E-state index >= 15 is 0 Å². The summed E-state index contributed by atoms with van der Waals surface area (Å²) in [4.78, 5) is 18.9. The summed E-state index contributed by atoms with van der Waals surface area (Å²) < 4.78 is 8.18. The van der Waals surface area contributed by atoms with Gasteiger partial charge in [-0.25, -0.2) is 9.78 Å². The van der Waals surface area contributed by atoms with Crippen LogP contribution in [-0.4, -0.2) is 45.8 Å². The minimum absolute atomic E-state index is 0.0146. The second-order valence-electron chi connectivity index (χ2n) is 8.19. The summed E-state index contributed by atoms with van der Waals surface area (Å²) in [7, 11) is 1.83. The molecule has 150 valence electrons. The van der Waals surface area contributed by atoms with Crippen molar-refractivity contribution in [1.29, 1.82) is 0 Å². The predicted molar refractivity (Wildman–Crippen MR) is 108 cm³/mol. The molecule has 0 bridgehead atoms. The average molecular weight is 383 g/mol. The molecule has 1 saturated carbocycles. The first-order valence-corrected chi connectivity index (χ1v) is 10.3. The fourth-order valence-corrected chi connectivity index (χ4v) is 4.50. The third-order valence-electron chi connectivity index (χ3n) is 6.06. The van der Waals surface area contributed by atoms with Gasteiger partial charge < -0.3 is 19.5 Å². The zero-order valence-electron chi connectivity index (χ0n) is 16.6. The maximum atomic E-state index is 12.7. The molecule has 2 fully saturated rings. The number of imidazole rings is 1. The van der Waals surface area contributed by atoms with Crippen LogP contribution in [0.15, 0.2) is 42.7 Å². The first-order chi connectivity index (χ1) is 13.6. The highest BCUT2D eigenvalue weighted by Gasteiger charge is 2.40. The van der Waals surface area contributed by atoms with Gasteiger partial charge in [0.2, 0.25) is 0 Å². The van der Waals surface area contributed by atoms with E-state index in [0.717, 1.165) is 44.7 Å². The van der Waals surface area contributed by atoms with Crippen LogP contribution in [0.4, 0.5) is 4.79 Å². The van der Waals surface area contributed by atoms with Crippen LogP contribution in [0.3, 0.4) is 0 Å². The Morgan fingerprint density at radius 2 is 2.11 bits per heavy atom. The van der Waals surface area contributed by atoms with Gasteiger partial charge in [0.25, 0.3) is 0 Å². The fourth-order valence-electron chi connectivity index (χ4n) is 4.50. The van der Waals surface area contributed by atoms with Crippen molar-refractivity contribution in [2.75, 3.05) is 13.7 Å². The van der Waals surface area contributed by atoms with Gasteiger partial charge in [0.1, 0.15) is 5.82 Å². The highest BCUT2D eigenvalue weighted by atomic mass is 16.5. The van der Waals surface area contributed by atoms with Crippen molar-refractivity contribution in [2.24, 2.45) is 0 Å². The summed E-state index contributed by atoms with van der Waals surface area (Å²) in [6, 6.07) is 10.5. The lowest BCUT2D eigenvalue weighted by Gasteiger charge is -2.39. The number of nitrogens with zero attached hydrogens (tertiary/aromatic N) is 3. The van der Waals surface area contributed by atoms with Gasteiger partial charge >= 0.3 is 6.03 Å². The molecule has 2 aromatic rings. The number of carbonyl (C=O) groups is 1. The van der Waals surface area contributed by atoms with Crippen LogP contribution in [0.5, 0.6) is 0 Å². The van der Waals surface area contributed by atoms with Crippen molar-refractivity contribution in [3.8, 4) is 0 Å². The molecular formula is C22H30N4O2. The van der Waals surface area contributed by atoms with Crippen molar-refractivity contribution in [1.82, 2.24) is 19.8 Å². The third-order valence-corrected chi connectivity index (χ3v) is 6.06. The van der Waals surface area contributed by atoms with Crippen molar-refractivity contribution in [2.45, 2.75) is 63.3 Å². The van der Waals surface area contributed by atoms with E-state index in [0.29, 0.717) is 6.54 Å². The van der Waals surface area contributed by atoms with Gasteiger partial charge in [-0.2, -0.15) is 0 Å². The molecule has 1 saturated heterocycles. The van der Waals surface area contributed by atoms with Crippen LogP contribution < -0.4 is 5.32 Å². The van der Waals surface area contributed by atoms with E-state index in [2.05, 4.69) is 27.0 Å². The SMILES string of the molecule is CN(Cc1nccn1Cc1ccccc1)C(=O)NC1CCOC2(CCCC2)C1. The molecule has 2 amide bonds. The lowest BCUT2D eigenvalue weighted by atomic mass is 9.89. The molecule has 2 aliphatic rings. The second kappa shape index (κ2) is 8.35. The smallest absolute Gasteiger partial charge is 0.317 e. The number of nitrogens with one attached hydrogen (secondary N) is 1. The Kier molecular flexibility index (Phi) is 5.67. The number of carbonyl (C=O) groups excluding carboxylic acids is 1. The summed E-state index contributed by atoms with van der Waals surface area (Å²) >= 11 is 0. The van der Waals surface area contributed by atoms with Crippen molar-refractivity contribution in [3.05, 3.63) is 54.1 Å². The maximum absolute atomic E-state index is 12.7. The third kappa shape index (κ3) is 4.38. The highest BCUT2D eigenvalue weighted by molar-refractivity contribution is 5.74. The van der Waals surface area contributed by atoms with Crippen molar-refractivity contribution in [3.63, 3.8) is 0 Å². The van der Waals surface area contributed by atoms with Gasteiger partial charge in [-0.05, 0) is 31.2 Å². The summed E-state index contributed by atoms with van der Waals surface area (Å²) in [5, 5.41) is 3.22. The molecule has 6 heteroatoms. The molecule has 1 N–H and O–H groups in total. The van der Waals surface area contributed by atoms with E-state index in [4.69, 9.17) is 4.74 Å². The predicted octanol–water partition coefficient (Wildman–Crippen LogP) is 3.56. The lowest BCUT2D eigenvalue weighted by molar-refractivity contribution is -0.0823. The molecule has 1 aliphatic heterocycles. The molecule has 2 heterocycles. The standard InChI is InChI=1S/C22H30N4O2/c1-25(17-20-23-12-13-26(20)16-18-7-3-2-4-8-18)21(27)24-19-9-14-28-22(15-19)10-5-6-11-22/h2-4,7-8,12-13,19H,5-6,9-11,14-17H2,1H3,(H,24,27). The van der Waals surface area contributed by atoms with E-state index < -0.39 is 0 Å². The molecular weight excluding hydrogens is 352 g/mol. The Hall–Kier alpha value is -2.34. The van der Waals surface area contributed by atoms with E-state index in [1.165, 1.54) is 18.4 Å². The van der Waals surface area contributed by atoms with Crippen LogP contribution in [-0.2, 0) is 17.8 Å². The number of rotatable bonds is 5. The topological polar surface area (TPSA) is 59.4 Å². The number of urea groups is 1. The maximum Gasteiger partial charge on any atom is 0.317 e. The Bertz CT molecular complexity index is 783. The molecule has 1 unspecified atom stereocenters. The Morgan fingerprint density at radius 3 is 2.89 bits per heavy atom. The average Bonchev–Trinajstić information content (AvgIpc) is 3.32. The van der Waals surface area contributed by atoms with Gasteiger partial charge in [-0.15, -0.1) is 0 Å². The zero-order chi connectivity index (χ0) is 19.4. The van der Waals surface area contributed by atoms with Crippen LogP contribution >= 0.6 is 0 Å². The number of benzene rings is 1. The molecule has 1 aliphatic carbocycles. The lowest BCUT2D eigenvalue weighted by Crippen LogP contribution is -2.50. The largest absolute Gasteiger partial charge is 0.375 e. The van der Waals surface area contributed by atoms with Crippen LogP contribution in [0.2, 0.25) is 0 Å². The van der Waals surface area contributed by atoms with Crippen molar-refractivity contribution >= 4 is 6.03 Å². The Balaban J connectivity index is 1.33. The van der Waals surface area contributed by atoms with Gasteiger partial charge in [0.05, 0.1) is 12.1 Å². The number of hydrogen-bond acceptors (Lipinski definition) is 3. The monoisotopic (exact) mass is 382 g/mol. The molecule has 1 aromatic carbocycles. The van der Waals surface area contributed by atoms with Gasteiger partial charge in [0.15, 0.2) is 0 Å². The van der Waals surface area contributed by atoms with Gasteiger partial charge in [0, 0.05) is 38.6 Å². The second-order valence-corrected chi connectivity index (χ2v) is 8.19. The summed E-state index contributed by atoms with van der Waals surface area (Å²) in [6.45, 7) is 1.99. The number of aromatic nitrogens is 2. The van der Waals surface area contributed by atoms with Crippen molar-refractivity contribution < 1.29 is 9.53 Å². The number of hydrogen-bond donors (Lipinski definition) is 1. The minimum atomic E-state index is -0.0330. The molecule has 4 rings (SSSR count). The van der Waals surface area contributed by atoms with Gasteiger partial charge in [-0.3, -0.25) is 0 Å². The highest BCUT2D eigenvalue weighted by Crippen LogP contribution is 2.39. The summed E-state index contributed by atoms with van der Waals surface area (Å²) in [5.74, 6) is 0.890. The van der Waals surface area contributed by atoms with Gasteiger partial charge in [-0.1, -0.05) is 43.2 Å². The van der Waals surface area contributed by atoms with E-state index in [1.807, 2.05) is 31.4 Å². The molecule has 0 radical (unpaired) electrons. The molecule has 1 spiro atoms. The van der Waals surface area contributed by atoms with E-state index in [9.17, 15) is 4.79 Å².